The average Bonchev–Trinajstić information content (AvgIpc) is 3.03. The van der Waals surface area contributed by atoms with Crippen molar-refractivity contribution in [2.24, 2.45) is 5.92 Å². The molecule has 0 radical (unpaired) electrons. The van der Waals surface area contributed by atoms with Gasteiger partial charge in [0.25, 0.3) is 5.91 Å². The Morgan fingerprint density at radius 2 is 1.50 bits per heavy atom. The molecule has 4 rings (SSSR count). The van der Waals surface area contributed by atoms with E-state index in [0.29, 0.717) is 34.3 Å². The van der Waals surface area contributed by atoms with E-state index < -0.39 is 18.2 Å². The molecule has 1 heterocycles. The van der Waals surface area contributed by atoms with Crippen LogP contribution in [0.3, 0.4) is 0 Å². The fraction of sp³-hybridized carbons (Fsp3) is 0.344. The highest BCUT2D eigenvalue weighted by atomic mass is 16.5. The maximum absolute atomic E-state index is 13.7. The van der Waals surface area contributed by atoms with E-state index in [1.54, 1.807) is 99.8 Å². The van der Waals surface area contributed by atoms with Gasteiger partial charge in [-0.05, 0) is 73.7 Å². The number of methoxy groups -OCH3 is 2. The number of nitrogens with one attached hydrogen (secondary N) is 3. The van der Waals surface area contributed by atoms with Crippen LogP contribution in [-0.4, -0.2) is 86.0 Å². The normalized spacial score (nSPS) is 16.8. The minimum Gasteiger partial charge on any atom is -0.497 e. The van der Waals surface area contributed by atoms with Gasteiger partial charge in [-0.3, -0.25) is 4.79 Å². The largest absolute Gasteiger partial charge is 0.497 e. The summed E-state index contributed by atoms with van der Waals surface area (Å²) in [4.78, 5) is 42.6. The van der Waals surface area contributed by atoms with E-state index in [0.717, 1.165) is 0 Å². The summed E-state index contributed by atoms with van der Waals surface area (Å²) < 4.78 is 16.7. The number of hydrogen-bond donors (Lipinski definition) is 4. The zero-order valence-electron chi connectivity index (χ0n) is 25.5. The minimum atomic E-state index is -0.495. The van der Waals surface area contributed by atoms with Crippen LogP contribution in [0.25, 0.3) is 0 Å². The van der Waals surface area contributed by atoms with Crippen molar-refractivity contribution < 1.29 is 33.7 Å². The summed E-state index contributed by atoms with van der Waals surface area (Å²) in [5, 5.41) is 18.3. The van der Waals surface area contributed by atoms with Crippen LogP contribution in [-0.2, 0) is 0 Å². The summed E-state index contributed by atoms with van der Waals surface area (Å²) in [6, 6.07) is 17.4. The third-order valence-electron chi connectivity index (χ3n) is 7.41. The van der Waals surface area contributed by atoms with Gasteiger partial charge in [0, 0.05) is 36.6 Å². The molecule has 3 aromatic rings. The first-order valence-corrected chi connectivity index (χ1v) is 14.2. The fourth-order valence-electron chi connectivity index (χ4n) is 4.73. The third-order valence-corrected chi connectivity index (χ3v) is 7.41. The molecule has 0 bridgehead atoms. The molecular formula is C32H39N5O7. The van der Waals surface area contributed by atoms with Gasteiger partial charge in [0.1, 0.15) is 23.4 Å². The number of carbonyl (C=O) groups excluding carboxylic acids is 3. The number of benzene rings is 3. The lowest BCUT2D eigenvalue weighted by Gasteiger charge is -2.38. The first-order valence-electron chi connectivity index (χ1n) is 14.2. The number of carbonyl (C=O) groups is 3. The van der Waals surface area contributed by atoms with Crippen molar-refractivity contribution in [1.82, 2.24) is 9.80 Å². The molecule has 0 fully saturated rings. The van der Waals surface area contributed by atoms with E-state index >= 15 is 0 Å². The molecule has 44 heavy (non-hydrogen) atoms. The Hall–Kier alpha value is -4.97. The van der Waals surface area contributed by atoms with Crippen LogP contribution >= 0.6 is 0 Å². The number of hydrogen-bond acceptors (Lipinski definition) is 7. The predicted molar refractivity (Wildman–Crippen MR) is 168 cm³/mol. The lowest BCUT2D eigenvalue weighted by Crippen LogP contribution is -2.50. The molecule has 3 aromatic carbocycles. The van der Waals surface area contributed by atoms with Crippen LogP contribution in [0.2, 0.25) is 0 Å². The molecule has 0 aliphatic carbocycles. The Morgan fingerprint density at radius 3 is 2.07 bits per heavy atom. The minimum absolute atomic E-state index is 0.189. The van der Waals surface area contributed by atoms with Crippen molar-refractivity contribution >= 4 is 35.0 Å². The number of nitrogens with zero attached hydrogens (tertiary/aromatic N) is 2. The zero-order chi connectivity index (χ0) is 31.8. The average molecular weight is 606 g/mol. The molecule has 12 nitrogen and oxygen atoms in total. The summed E-state index contributed by atoms with van der Waals surface area (Å²) in [7, 11) is 4.80. The van der Waals surface area contributed by atoms with Crippen LogP contribution in [0.5, 0.6) is 17.2 Å². The summed E-state index contributed by atoms with van der Waals surface area (Å²) in [5.74, 6) is 1.13. The molecule has 0 spiro atoms. The number of anilines is 3. The smallest absolute Gasteiger partial charge is 0.323 e. The molecule has 1 aliphatic rings. The number of rotatable bonds is 9. The second-order valence-corrected chi connectivity index (χ2v) is 10.7. The molecule has 0 saturated carbocycles. The van der Waals surface area contributed by atoms with Gasteiger partial charge in [0.15, 0.2) is 0 Å². The van der Waals surface area contributed by atoms with Gasteiger partial charge in [-0.1, -0.05) is 6.92 Å². The van der Waals surface area contributed by atoms with E-state index in [1.165, 1.54) is 4.90 Å². The molecule has 4 N–H and O–H groups in total. The van der Waals surface area contributed by atoms with Crippen molar-refractivity contribution in [1.29, 1.82) is 0 Å². The maximum atomic E-state index is 13.7. The Morgan fingerprint density at radius 1 is 0.955 bits per heavy atom. The van der Waals surface area contributed by atoms with Crippen molar-refractivity contribution in [3.63, 3.8) is 0 Å². The van der Waals surface area contributed by atoms with E-state index in [4.69, 9.17) is 14.2 Å². The first-order chi connectivity index (χ1) is 21.1. The van der Waals surface area contributed by atoms with Gasteiger partial charge in [0.05, 0.1) is 39.0 Å². The van der Waals surface area contributed by atoms with Gasteiger partial charge in [-0.15, -0.1) is 0 Å². The summed E-state index contributed by atoms with van der Waals surface area (Å²) >= 11 is 0. The number of aliphatic hydroxyl groups is 1. The van der Waals surface area contributed by atoms with Crippen LogP contribution in [0, 0.1) is 5.92 Å². The lowest BCUT2D eigenvalue weighted by atomic mass is 9.99. The van der Waals surface area contributed by atoms with Gasteiger partial charge < -0.3 is 45.1 Å². The van der Waals surface area contributed by atoms with Crippen molar-refractivity contribution in [2.75, 3.05) is 56.9 Å². The number of ether oxygens (including phenoxy) is 3. The SMILES string of the molecule is COc1ccc(NC(=O)Nc2ccc3c(c2)C(=O)N([C@H](C)CO)C[C@@H](C)[C@@H](CN(C)C(=O)Nc2ccc(OC)cc2)O3)cc1. The number of urea groups is 2. The highest BCUT2D eigenvalue weighted by Crippen LogP contribution is 2.31. The van der Waals surface area contributed by atoms with Crippen molar-refractivity contribution in [3.05, 3.63) is 72.3 Å². The molecule has 234 valence electrons. The molecule has 3 atom stereocenters. The highest BCUT2D eigenvalue weighted by Gasteiger charge is 2.34. The predicted octanol–water partition coefficient (Wildman–Crippen LogP) is 4.73. The van der Waals surface area contributed by atoms with E-state index in [1.807, 2.05) is 6.92 Å². The molecule has 12 heteroatoms. The highest BCUT2D eigenvalue weighted by molar-refractivity contribution is 6.02. The monoisotopic (exact) mass is 605 g/mol. The topological polar surface area (TPSA) is 142 Å². The Balaban J connectivity index is 1.52. The van der Waals surface area contributed by atoms with Gasteiger partial charge in [-0.2, -0.15) is 0 Å². The number of aliphatic hydroxyl groups excluding tert-OH is 1. The molecule has 0 aromatic heterocycles. The standard InChI is InChI=1S/C32H39N5O7/c1-20-17-37(21(2)19-38)30(39)27-16-24(34-31(40)33-22-6-11-25(42-4)12-7-22)10-15-28(27)44-29(20)18-36(3)32(41)35-23-8-13-26(43-5)14-9-23/h6-16,20-21,29,38H,17-19H2,1-5H3,(H,35,41)(H2,33,34,40)/t20-,21-,29-/m1/s1. The molecule has 0 saturated heterocycles. The zero-order valence-corrected chi connectivity index (χ0v) is 25.5. The third kappa shape index (κ3) is 7.90. The number of amides is 5. The molecule has 1 aliphatic heterocycles. The number of likely N-dealkylation sites (N-methyl/N-ethyl adjacent to an activating group) is 1. The van der Waals surface area contributed by atoms with Gasteiger partial charge >= 0.3 is 12.1 Å². The Kier molecular flexibility index (Phi) is 10.5. The van der Waals surface area contributed by atoms with E-state index in [9.17, 15) is 19.5 Å². The van der Waals surface area contributed by atoms with Crippen LogP contribution < -0.4 is 30.2 Å². The van der Waals surface area contributed by atoms with Crippen LogP contribution in [0.4, 0.5) is 26.7 Å². The van der Waals surface area contributed by atoms with E-state index in [-0.39, 0.29) is 43.1 Å². The fourth-order valence-corrected chi connectivity index (χ4v) is 4.73. The Bertz CT molecular complexity index is 1450. The van der Waals surface area contributed by atoms with E-state index in [2.05, 4.69) is 16.0 Å². The second kappa shape index (κ2) is 14.5. The summed E-state index contributed by atoms with van der Waals surface area (Å²) in [5.41, 5.74) is 1.79. The molecule has 0 unspecified atom stereocenters. The summed E-state index contributed by atoms with van der Waals surface area (Å²) in [6.45, 7) is 3.98. The number of fused-ring (bicyclic) bond motifs is 1. The van der Waals surface area contributed by atoms with Gasteiger partial charge in [0.2, 0.25) is 0 Å². The van der Waals surface area contributed by atoms with Gasteiger partial charge in [-0.25, -0.2) is 9.59 Å². The molecular weight excluding hydrogens is 566 g/mol. The van der Waals surface area contributed by atoms with Crippen LogP contribution in [0.1, 0.15) is 24.2 Å². The van der Waals surface area contributed by atoms with Crippen LogP contribution in [0.15, 0.2) is 66.7 Å². The molecule has 5 amide bonds. The Labute approximate surface area is 256 Å². The van der Waals surface area contributed by atoms with Crippen molar-refractivity contribution in [2.45, 2.75) is 26.0 Å². The first kappa shape index (κ1) is 32.0. The quantitative estimate of drug-likeness (QED) is 0.276. The summed E-state index contributed by atoms with van der Waals surface area (Å²) in [6.07, 6.45) is -0.487. The lowest BCUT2D eigenvalue weighted by molar-refractivity contribution is 0.0371. The maximum Gasteiger partial charge on any atom is 0.323 e. The van der Waals surface area contributed by atoms with Crippen molar-refractivity contribution in [3.8, 4) is 17.2 Å². The second-order valence-electron chi connectivity index (χ2n) is 10.7.